The van der Waals surface area contributed by atoms with Gasteiger partial charge in [-0.05, 0) is 6.42 Å². The van der Waals surface area contributed by atoms with E-state index in [1.54, 1.807) is 6.92 Å². The number of nitrogens with zero attached hydrogens (tertiary/aromatic N) is 1. The average molecular weight is 426 g/mol. The van der Waals surface area contributed by atoms with Gasteiger partial charge in [0, 0.05) is 12.8 Å². The SMILES string of the molecule is CCCC[N+]1(OS(=O)(=O)C(F)(F)C(F)(F)C(F)(F)C(F)(F)F)CCCC1. The third-order valence-corrected chi connectivity index (χ3v) is 5.38. The molecule has 26 heavy (non-hydrogen) atoms. The van der Waals surface area contributed by atoms with Gasteiger partial charge >= 0.3 is 33.4 Å². The molecule has 0 aromatic carbocycles. The zero-order valence-electron chi connectivity index (χ0n) is 13.4. The molecule has 0 amide bonds. The van der Waals surface area contributed by atoms with E-state index in [0.29, 0.717) is 6.42 Å². The molecule has 0 radical (unpaired) electrons. The van der Waals surface area contributed by atoms with E-state index >= 15 is 0 Å². The molecular formula is C12H17F9NO3S+. The van der Waals surface area contributed by atoms with Crippen LogP contribution < -0.4 is 0 Å². The maximum Gasteiger partial charge on any atom is 0.460 e. The summed E-state index contributed by atoms with van der Waals surface area (Å²) < 4.78 is 142. The number of alkyl halides is 9. The molecule has 1 heterocycles. The van der Waals surface area contributed by atoms with Crippen LogP contribution in [0.2, 0.25) is 0 Å². The molecule has 156 valence electrons. The van der Waals surface area contributed by atoms with Gasteiger partial charge in [-0.25, -0.2) is 0 Å². The third kappa shape index (κ3) is 3.77. The summed E-state index contributed by atoms with van der Waals surface area (Å²) in [6.07, 6.45) is -5.87. The molecule has 0 unspecified atom stereocenters. The molecule has 0 bridgehead atoms. The molecule has 0 aromatic rings. The first kappa shape index (κ1) is 23.3. The van der Waals surface area contributed by atoms with Crippen molar-refractivity contribution >= 4 is 10.1 Å². The zero-order valence-corrected chi connectivity index (χ0v) is 14.2. The van der Waals surface area contributed by atoms with Crippen LogP contribution in [0.1, 0.15) is 32.6 Å². The van der Waals surface area contributed by atoms with Crippen molar-refractivity contribution in [3.63, 3.8) is 0 Å². The van der Waals surface area contributed by atoms with Crippen molar-refractivity contribution in [1.82, 2.24) is 0 Å². The van der Waals surface area contributed by atoms with Crippen LogP contribution in [0.25, 0.3) is 0 Å². The minimum absolute atomic E-state index is 0.184. The number of hydroxylamine groups is 3. The number of quaternary nitrogens is 1. The molecule has 4 nitrogen and oxygen atoms in total. The van der Waals surface area contributed by atoms with Crippen molar-refractivity contribution in [1.29, 1.82) is 0 Å². The Labute approximate surface area is 143 Å². The van der Waals surface area contributed by atoms with Crippen LogP contribution >= 0.6 is 0 Å². The van der Waals surface area contributed by atoms with Crippen LogP contribution in [0.4, 0.5) is 39.5 Å². The number of hydrogen-bond donors (Lipinski definition) is 0. The van der Waals surface area contributed by atoms with Crippen LogP contribution in [-0.2, 0) is 14.4 Å². The largest absolute Gasteiger partial charge is 0.460 e. The number of rotatable bonds is 8. The number of hydrogen-bond acceptors (Lipinski definition) is 3. The normalized spacial score (nSPS) is 19.8. The summed E-state index contributed by atoms with van der Waals surface area (Å²) in [5, 5.41) is -6.81. The lowest BCUT2D eigenvalue weighted by atomic mass is 10.1. The van der Waals surface area contributed by atoms with Gasteiger partial charge in [-0.1, -0.05) is 17.6 Å². The molecule has 0 N–H and O–H groups in total. The van der Waals surface area contributed by atoms with Crippen molar-refractivity contribution in [2.75, 3.05) is 19.6 Å². The summed E-state index contributed by atoms with van der Waals surface area (Å²) in [5.41, 5.74) is 0. The highest BCUT2D eigenvalue weighted by atomic mass is 32.2. The van der Waals surface area contributed by atoms with Crippen molar-refractivity contribution < 1.29 is 56.9 Å². The van der Waals surface area contributed by atoms with E-state index < -0.39 is 38.0 Å². The molecule has 1 rings (SSSR count). The highest BCUT2D eigenvalue weighted by molar-refractivity contribution is 7.87. The molecule has 1 aliphatic heterocycles. The molecule has 0 atom stereocenters. The highest BCUT2D eigenvalue weighted by Crippen LogP contribution is 2.55. The van der Waals surface area contributed by atoms with Gasteiger partial charge in [0.05, 0.1) is 0 Å². The second kappa shape index (κ2) is 7.00. The smallest absolute Gasteiger partial charge is 0.191 e. The second-order valence-electron chi connectivity index (χ2n) is 5.98. The Morgan fingerprint density at radius 3 is 1.73 bits per heavy atom. The summed E-state index contributed by atoms with van der Waals surface area (Å²) in [6, 6.07) is 0. The predicted octanol–water partition coefficient (Wildman–Crippen LogP) is 4.08. The number of likely N-dealkylation sites (tertiary alicyclic amines) is 1. The van der Waals surface area contributed by atoms with Gasteiger partial charge in [-0.3, -0.25) is 0 Å². The first-order valence-corrected chi connectivity index (χ1v) is 8.90. The van der Waals surface area contributed by atoms with Crippen LogP contribution in [0.15, 0.2) is 0 Å². The van der Waals surface area contributed by atoms with Gasteiger partial charge in [0.2, 0.25) is 0 Å². The number of halogens is 9. The summed E-state index contributed by atoms with van der Waals surface area (Å²) in [4.78, 5) is 0. The molecule has 1 fully saturated rings. The van der Waals surface area contributed by atoms with Gasteiger partial charge in [-0.15, -0.1) is 0 Å². The summed E-state index contributed by atoms with van der Waals surface area (Å²) in [5.74, 6) is -14.6. The van der Waals surface area contributed by atoms with Crippen molar-refractivity contribution in [2.45, 2.75) is 55.9 Å². The van der Waals surface area contributed by atoms with Crippen LogP contribution in [-0.4, -0.2) is 56.0 Å². The van der Waals surface area contributed by atoms with Crippen LogP contribution in [0.3, 0.4) is 0 Å². The quantitative estimate of drug-likeness (QED) is 0.434. The van der Waals surface area contributed by atoms with Crippen molar-refractivity contribution in [3.8, 4) is 0 Å². The summed E-state index contributed by atoms with van der Waals surface area (Å²) in [6.45, 7) is 1.08. The van der Waals surface area contributed by atoms with E-state index in [1.165, 1.54) is 0 Å². The minimum Gasteiger partial charge on any atom is -0.191 e. The highest BCUT2D eigenvalue weighted by Gasteiger charge is 2.86. The Hall–Kier alpha value is -0.760. The number of unbranched alkanes of at least 4 members (excludes halogenated alkanes) is 1. The lowest BCUT2D eigenvalue weighted by Gasteiger charge is -2.35. The molecule has 1 aliphatic rings. The molecule has 14 heteroatoms. The lowest BCUT2D eigenvalue weighted by Crippen LogP contribution is -2.64. The molecule has 0 aromatic heterocycles. The Morgan fingerprint density at radius 2 is 1.35 bits per heavy atom. The third-order valence-electron chi connectivity index (χ3n) is 3.99. The standard InChI is InChI=1S/C12H17F9NO3S/c1-2-3-6-22(7-4-5-8-22)25-26(23,24)12(20,21)10(15,16)9(13,14)11(17,18)19/h2-8H2,1H3/q+1. The molecule has 0 saturated carbocycles. The first-order chi connectivity index (χ1) is 11.5. The van der Waals surface area contributed by atoms with Gasteiger partial charge in [0.25, 0.3) is 0 Å². The minimum atomic E-state index is -7.29. The maximum atomic E-state index is 13.7. The van der Waals surface area contributed by atoms with Gasteiger partial charge < -0.3 is 0 Å². The predicted molar refractivity (Wildman–Crippen MR) is 69.9 cm³/mol. The van der Waals surface area contributed by atoms with E-state index in [2.05, 4.69) is 4.28 Å². The lowest BCUT2D eigenvalue weighted by molar-refractivity contribution is -1.07. The first-order valence-electron chi connectivity index (χ1n) is 7.49. The van der Waals surface area contributed by atoms with Crippen LogP contribution in [0.5, 0.6) is 0 Å². The molecule has 1 saturated heterocycles. The fourth-order valence-corrected chi connectivity index (χ4v) is 3.64. The molecular weight excluding hydrogens is 409 g/mol. The molecule has 0 spiro atoms. The maximum absolute atomic E-state index is 13.7. The molecule has 0 aliphatic carbocycles. The van der Waals surface area contributed by atoms with E-state index in [9.17, 15) is 47.9 Å². The topological polar surface area (TPSA) is 43.4 Å². The Kier molecular flexibility index (Phi) is 6.27. The fraction of sp³-hybridized carbons (Fsp3) is 1.00. The van der Waals surface area contributed by atoms with Gasteiger partial charge in [-0.2, -0.15) is 52.6 Å². The zero-order chi connectivity index (χ0) is 20.7. The average Bonchev–Trinajstić information content (AvgIpc) is 2.91. The summed E-state index contributed by atoms with van der Waals surface area (Å²) >= 11 is 0. The second-order valence-corrected chi connectivity index (χ2v) is 7.55. The van der Waals surface area contributed by atoms with E-state index in [0.717, 1.165) is 0 Å². The Balaban J connectivity index is 3.27. The monoisotopic (exact) mass is 426 g/mol. The summed E-state index contributed by atoms with van der Waals surface area (Å²) in [7, 11) is -6.82. The van der Waals surface area contributed by atoms with Crippen LogP contribution in [0, 0.1) is 0 Å². The Morgan fingerprint density at radius 1 is 0.885 bits per heavy atom. The van der Waals surface area contributed by atoms with Gasteiger partial charge in [0.15, 0.2) is 0 Å². The fourth-order valence-electron chi connectivity index (χ4n) is 2.47. The Bertz CT molecular complexity index is 598. The van der Waals surface area contributed by atoms with Crippen molar-refractivity contribution in [2.24, 2.45) is 0 Å². The van der Waals surface area contributed by atoms with E-state index in [4.69, 9.17) is 0 Å². The van der Waals surface area contributed by atoms with E-state index in [1.807, 2.05) is 0 Å². The van der Waals surface area contributed by atoms with E-state index in [-0.39, 0.29) is 38.9 Å². The van der Waals surface area contributed by atoms with Gasteiger partial charge in [0.1, 0.15) is 19.6 Å². The van der Waals surface area contributed by atoms with Crippen molar-refractivity contribution in [3.05, 3.63) is 0 Å².